The van der Waals surface area contributed by atoms with E-state index in [-0.39, 0.29) is 17.5 Å². The van der Waals surface area contributed by atoms with E-state index in [2.05, 4.69) is 0 Å². The van der Waals surface area contributed by atoms with Gasteiger partial charge in [0.05, 0.1) is 19.1 Å². The molecule has 0 spiro atoms. The number of rotatable bonds is 9. The van der Waals surface area contributed by atoms with Crippen LogP contribution in [0, 0.1) is 11.8 Å². The van der Waals surface area contributed by atoms with E-state index in [1.165, 1.54) is 32.1 Å². The van der Waals surface area contributed by atoms with Gasteiger partial charge in [-0.25, -0.2) is 0 Å². The van der Waals surface area contributed by atoms with Gasteiger partial charge < -0.3 is 9.26 Å². The van der Waals surface area contributed by atoms with E-state index in [4.69, 9.17) is 9.26 Å². The maximum Gasteiger partial charge on any atom is 0.309 e. The molecule has 1 aliphatic carbocycles. The first kappa shape index (κ1) is 19.7. The number of hydrogen-bond acceptors (Lipinski definition) is 4. The van der Waals surface area contributed by atoms with Crippen molar-refractivity contribution in [3.8, 4) is 0 Å². The molecule has 0 radical (unpaired) electrons. The average molecular weight is 332 g/mol. The molecule has 1 rings (SSSR count). The third-order valence-electron chi connectivity index (χ3n) is 4.57. The first-order valence-corrected chi connectivity index (χ1v) is 10.7. The van der Waals surface area contributed by atoms with Crippen molar-refractivity contribution in [1.29, 1.82) is 0 Å². The summed E-state index contributed by atoms with van der Waals surface area (Å²) in [6.45, 7) is 8.31. The van der Waals surface area contributed by atoms with E-state index in [0.29, 0.717) is 25.3 Å². The summed E-state index contributed by atoms with van der Waals surface area (Å²) < 4.78 is 23.9. The highest BCUT2D eigenvalue weighted by molar-refractivity contribution is 7.59. The molecule has 4 nitrogen and oxygen atoms in total. The highest BCUT2D eigenvalue weighted by Gasteiger charge is 2.36. The van der Waals surface area contributed by atoms with Gasteiger partial charge in [0.1, 0.15) is 0 Å². The van der Waals surface area contributed by atoms with Gasteiger partial charge in [-0.3, -0.25) is 9.36 Å². The fourth-order valence-corrected chi connectivity index (χ4v) is 5.44. The van der Waals surface area contributed by atoms with Crippen LogP contribution in [-0.4, -0.2) is 31.0 Å². The zero-order chi connectivity index (χ0) is 16.6. The third-order valence-corrected chi connectivity index (χ3v) is 7.79. The summed E-state index contributed by atoms with van der Waals surface area (Å²) >= 11 is 0. The van der Waals surface area contributed by atoms with E-state index in [1.54, 1.807) is 0 Å². The summed E-state index contributed by atoms with van der Waals surface area (Å²) in [5, 5.41) is 0. The fraction of sp³-hybridized carbons (Fsp3) is 0.941. The second-order valence-corrected chi connectivity index (χ2v) is 9.72. The Morgan fingerprint density at radius 3 is 2.27 bits per heavy atom. The van der Waals surface area contributed by atoms with Crippen molar-refractivity contribution in [2.24, 2.45) is 11.8 Å². The van der Waals surface area contributed by atoms with Crippen molar-refractivity contribution in [3.05, 3.63) is 0 Å². The van der Waals surface area contributed by atoms with Crippen LogP contribution in [-0.2, 0) is 18.6 Å². The highest BCUT2D eigenvalue weighted by Crippen LogP contribution is 2.54. The molecule has 0 aliphatic heterocycles. The van der Waals surface area contributed by atoms with Crippen molar-refractivity contribution < 1.29 is 18.6 Å². The standard InChI is InChI=1S/C17H33O4P/c1-5-20-17(18)16(12-15-10-8-7-9-11-15)13-22(19,14(3)4)21-6-2/h14-16H,5-13H2,1-4H3. The molecule has 1 fully saturated rings. The van der Waals surface area contributed by atoms with Crippen molar-refractivity contribution in [3.63, 3.8) is 0 Å². The first-order chi connectivity index (χ1) is 10.4. The number of carbonyl (C=O) groups excluding carboxylic acids is 1. The van der Waals surface area contributed by atoms with Gasteiger partial charge in [-0.05, 0) is 26.2 Å². The van der Waals surface area contributed by atoms with E-state index < -0.39 is 7.37 Å². The minimum absolute atomic E-state index is 0.0595. The molecule has 1 saturated carbocycles. The Balaban J connectivity index is 2.79. The normalized spacial score (nSPS) is 20.6. The van der Waals surface area contributed by atoms with Crippen LogP contribution >= 0.6 is 7.37 Å². The van der Waals surface area contributed by atoms with Gasteiger partial charge in [0.15, 0.2) is 0 Å². The SMILES string of the molecule is CCOC(=O)C(CC1CCCCC1)CP(=O)(OCC)C(C)C. The van der Waals surface area contributed by atoms with Crippen LogP contribution in [0.5, 0.6) is 0 Å². The summed E-state index contributed by atoms with van der Waals surface area (Å²) in [4.78, 5) is 12.3. The maximum atomic E-state index is 13.0. The van der Waals surface area contributed by atoms with Crippen LogP contribution in [0.3, 0.4) is 0 Å². The third kappa shape index (κ3) is 6.04. The minimum Gasteiger partial charge on any atom is -0.466 e. The lowest BCUT2D eigenvalue weighted by molar-refractivity contribution is -0.148. The molecule has 0 aromatic heterocycles. The van der Waals surface area contributed by atoms with E-state index in [9.17, 15) is 9.36 Å². The molecule has 0 heterocycles. The molecule has 0 N–H and O–H groups in total. The van der Waals surface area contributed by atoms with E-state index in [1.807, 2.05) is 27.7 Å². The average Bonchev–Trinajstić information content (AvgIpc) is 2.48. The van der Waals surface area contributed by atoms with Crippen LogP contribution in [0.4, 0.5) is 0 Å². The van der Waals surface area contributed by atoms with Gasteiger partial charge in [0, 0.05) is 11.8 Å². The monoisotopic (exact) mass is 332 g/mol. The zero-order valence-electron chi connectivity index (χ0n) is 14.7. The fourth-order valence-electron chi connectivity index (χ4n) is 3.27. The maximum absolute atomic E-state index is 13.0. The Morgan fingerprint density at radius 2 is 1.77 bits per heavy atom. The largest absolute Gasteiger partial charge is 0.466 e. The van der Waals surface area contributed by atoms with Crippen LogP contribution in [0.15, 0.2) is 0 Å². The molecule has 0 aromatic rings. The molecule has 130 valence electrons. The molecule has 22 heavy (non-hydrogen) atoms. The van der Waals surface area contributed by atoms with Gasteiger partial charge in [-0.1, -0.05) is 46.0 Å². The second kappa shape index (κ2) is 9.72. The van der Waals surface area contributed by atoms with Crippen LogP contribution in [0.2, 0.25) is 0 Å². The molecule has 0 amide bonds. The summed E-state index contributed by atoms with van der Waals surface area (Å²) in [6.07, 6.45) is 7.26. The van der Waals surface area contributed by atoms with E-state index in [0.717, 1.165) is 6.42 Å². The molecular weight excluding hydrogens is 299 g/mol. The molecule has 2 unspecified atom stereocenters. The Bertz CT molecular complexity index is 375. The molecule has 0 saturated heterocycles. The second-order valence-electron chi connectivity index (χ2n) is 6.61. The number of carbonyl (C=O) groups is 1. The van der Waals surface area contributed by atoms with Crippen LogP contribution < -0.4 is 0 Å². The van der Waals surface area contributed by atoms with Crippen molar-refractivity contribution in [2.75, 3.05) is 19.4 Å². The number of esters is 1. The quantitative estimate of drug-likeness (QED) is 0.447. The smallest absolute Gasteiger partial charge is 0.309 e. The Labute approximate surface area is 135 Å². The zero-order valence-corrected chi connectivity index (χ0v) is 15.6. The Morgan fingerprint density at radius 1 is 1.14 bits per heavy atom. The van der Waals surface area contributed by atoms with Crippen molar-refractivity contribution >= 4 is 13.3 Å². The topological polar surface area (TPSA) is 52.6 Å². The molecule has 2 atom stereocenters. The lowest BCUT2D eigenvalue weighted by atomic mass is 9.83. The van der Waals surface area contributed by atoms with Gasteiger partial charge in [0.25, 0.3) is 0 Å². The lowest BCUT2D eigenvalue weighted by Crippen LogP contribution is -2.27. The van der Waals surface area contributed by atoms with Gasteiger partial charge in [-0.2, -0.15) is 0 Å². The van der Waals surface area contributed by atoms with Gasteiger partial charge in [-0.15, -0.1) is 0 Å². The number of ether oxygens (including phenoxy) is 1. The van der Waals surface area contributed by atoms with E-state index >= 15 is 0 Å². The molecular formula is C17H33O4P. The summed E-state index contributed by atoms with van der Waals surface area (Å²) in [7, 11) is -2.79. The predicted molar refractivity (Wildman–Crippen MR) is 90.6 cm³/mol. The minimum atomic E-state index is -2.79. The van der Waals surface area contributed by atoms with Crippen LogP contribution in [0.25, 0.3) is 0 Å². The lowest BCUT2D eigenvalue weighted by Gasteiger charge is -2.29. The van der Waals surface area contributed by atoms with Crippen LogP contribution in [0.1, 0.15) is 66.2 Å². The first-order valence-electron chi connectivity index (χ1n) is 8.82. The predicted octanol–water partition coefficient (Wildman–Crippen LogP) is 4.86. The molecule has 1 aliphatic rings. The summed E-state index contributed by atoms with van der Waals surface area (Å²) in [6, 6.07) is 0. The summed E-state index contributed by atoms with van der Waals surface area (Å²) in [5.74, 6) is 0.0712. The van der Waals surface area contributed by atoms with Crippen molar-refractivity contribution in [1.82, 2.24) is 0 Å². The Kier molecular flexibility index (Phi) is 8.71. The molecule has 5 heteroatoms. The number of hydrogen-bond donors (Lipinski definition) is 0. The highest BCUT2D eigenvalue weighted by atomic mass is 31.2. The molecule has 0 aromatic carbocycles. The van der Waals surface area contributed by atoms with Gasteiger partial charge in [0.2, 0.25) is 7.37 Å². The Hall–Kier alpha value is -0.340. The van der Waals surface area contributed by atoms with Gasteiger partial charge >= 0.3 is 5.97 Å². The summed E-state index contributed by atoms with van der Waals surface area (Å²) in [5.41, 5.74) is -0.0595. The molecule has 0 bridgehead atoms. The van der Waals surface area contributed by atoms with Crippen molar-refractivity contribution in [2.45, 2.75) is 71.9 Å².